The number of nitrogens with zero attached hydrogens (tertiary/aromatic N) is 3. The number of imidazole rings is 1. The Kier molecular flexibility index (Phi) is 5.13. The molecular weight excluding hydrogens is 282 g/mol. The Bertz CT molecular complexity index is 469. The number of aliphatic hydroxyl groups is 1. The molecule has 2 saturated heterocycles. The van der Waals surface area contributed by atoms with Gasteiger partial charge in [-0.15, -0.1) is 0 Å². The van der Waals surface area contributed by atoms with Crippen LogP contribution in [0.3, 0.4) is 0 Å². The predicted molar refractivity (Wildman–Crippen MR) is 82.5 cm³/mol. The Morgan fingerprint density at radius 3 is 3.00 bits per heavy atom. The molecule has 6 nitrogen and oxygen atoms in total. The van der Waals surface area contributed by atoms with Crippen molar-refractivity contribution in [2.24, 2.45) is 0 Å². The van der Waals surface area contributed by atoms with Gasteiger partial charge in [-0.25, -0.2) is 4.98 Å². The minimum Gasteiger partial charge on any atom is -0.390 e. The average Bonchev–Trinajstić information content (AvgIpc) is 2.98. The highest BCUT2D eigenvalue weighted by Gasteiger charge is 2.43. The molecule has 0 aliphatic carbocycles. The molecule has 124 valence electrons. The molecule has 2 aliphatic rings. The third-order valence-corrected chi connectivity index (χ3v) is 5.02. The lowest BCUT2D eigenvalue weighted by atomic mass is 9.82. The summed E-state index contributed by atoms with van der Waals surface area (Å²) in [5, 5.41) is 10.3. The number of hydrogen-bond donors (Lipinski definition) is 1. The van der Waals surface area contributed by atoms with E-state index in [9.17, 15) is 5.11 Å². The molecule has 3 rings (SSSR count). The molecule has 2 fully saturated rings. The van der Waals surface area contributed by atoms with Crippen molar-refractivity contribution in [3.63, 3.8) is 0 Å². The van der Waals surface area contributed by atoms with Crippen molar-refractivity contribution in [1.29, 1.82) is 0 Å². The van der Waals surface area contributed by atoms with Gasteiger partial charge < -0.3 is 19.1 Å². The van der Waals surface area contributed by atoms with E-state index >= 15 is 0 Å². The van der Waals surface area contributed by atoms with Crippen molar-refractivity contribution < 1.29 is 14.6 Å². The van der Waals surface area contributed by atoms with Gasteiger partial charge in [-0.2, -0.15) is 0 Å². The molecule has 0 amide bonds. The van der Waals surface area contributed by atoms with E-state index in [2.05, 4.69) is 14.5 Å². The molecule has 1 N–H and O–H groups in total. The van der Waals surface area contributed by atoms with Gasteiger partial charge in [0.15, 0.2) is 0 Å². The number of piperidine rings is 1. The summed E-state index contributed by atoms with van der Waals surface area (Å²) in [5.74, 6) is 1.08. The zero-order chi connectivity index (χ0) is 15.4. The number of likely N-dealkylation sites (tertiary alicyclic amines) is 1. The number of methoxy groups -OCH3 is 1. The first-order valence-electron chi connectivity index (χ1n) is 8.27. The van der Waals surface area contributed by atoms with Gasteiger partial charge in [-0.3, -0.25) is 4.90 Å². The Hall–Kier alpha value is -0.950. The SMILES string of the molecule is COCCn1ccnc1CN1CCC2(CC1)OCCCC2O. The molecule has 0 bridgehead atoms. The van der Waals surface area contributed by atoms with Crippen molar-refractivity contribution in [3.8, 4) is 0 Å². The summed E-state index contributed by atoms with van der Waals surface area (Å²) in [4.78, 5) is 6.87. The molecule has 2 aliphatic heterocycles. The zero-order valence-electron chi connectivity index (χ0n) is 13.4. The van der Waals surface area contributed by atoms with Crippen LogP contribution in [-0.2, 0) is 22.6 Å². The van der Waals surface area contributed by atoms with E-state index < -0.39 is 0 Å². The smallest absolute Gasteiger partial charge is 0.122 e. The van der Waals surface area contributed by atoms with Crippen molar-refractivity contribution in [3.05, 3.63) is 18.2 Å². The first-order chi connectivity index (χ1) is 10.7. The Morgan fingerprint density at radius 1 is 1.45 bits per heavy atom. The van der Waals surface area contributed by atoms with Crippen LogP contribution in [0.4, 0.5) is 0 Å². The maximum Gasteiger partial charge on any atom is 0.122 e. The molecule has 0 saturated carbocycles. The topological polar surface area (TPSA) is 59.8 Å². The third kappa shape index (κ3) is 3.35. The minimum absolute atomic E-state index is 0.291. The lowest BCUT2D eigenvalue weighted by molar-refractivity contribution is -0.177. The largest absolute Gasteiger partial charge is 0.390 e. The predicted octanol–water partition coefficient (Wildman–Crippen LogP) is 1.04. The number of ether oxygens (including phenoxy) is 2. The first kappa shape index (κ1) is 15.9. The summed E-state index contributed by atoms with van der Waals surface area (Å²) in [6.07, 6.45) is 7.23. The van der Waals surface area contributed by atoms with E-state index in [4.69, 9.17) is 9.47 Å². The van der Waals surface area contributed by atoms with E-state index in [0.29, 0.717) is 6.61 Å². The van der Waals surface area contributed by atoms with Gasteiger partial charge in [-0.1, -0.05) is 0 Å². The van der Waals surface area contributed by atoms with Crippen LogP contribution >= 0.6 is 0 Å². The van der Waals surface area contributed by atoms with Crippen molar-refractivity contribution in [1.82, 2.24) is 14.5 Å². The summed E-state index contributed by atoms with van der Waals surface area (Å²) in [5.41, 5.74) is -0.291. The van der Waals surface area contributed by atoms with Crippen LogP contribution in [0.1, 0.15) is 31.5 Å². The standard InChI is InChI=1S/C16H27N3O3/c1-21-12-10-19-9-6-17-15(19)13-18-7-4-16(5-8-18)14(20)3-2-11-22-16/h6,9,14,20H,2-5,7-8,10-13H2,1H3. The summed E-state index contributed by atoms with van der Waals surface area (Å²) in [7, 11) is 1.72. The number of hydrogen-bond acceptors (Lipinski definition) is 5. The van der Waals surface area contributed by atoms with E-state index in [0.717, 1.165) is 64.3 Å². The number of rotatable bonds is 5. The number of aliphatic hydroxyl groups excluding tert-OH is 1. The van der Waals surface area contributed by atoms with E-state index in [1.165, 1.54) is 0 Å². The second-order valence-electron chi connectivity index (χ2n) is 6.38. The van der Waals surface area contributed by atoms with E-state index in [-0.39, 0.29) is 11.7 Å². The average molecular weight is 309 g/mol. The molecule has 1 unspecified atom stereocenters. The molecule has 0 aromatic carbocycles. The van der Waals surface area contributed by atoms with Gasteiger partial charge in [0.2, 0.25) is 0 Å². The van der Waals surface area contributed by atoms with Crippen molar-refractivity contribution in [2.75, 3.05) is 33.4 Å². The maximum atomic E-state index is 10.3. The molecule has 1 aromatic heterocycles. The van der Waals surface area contributed by atoms with Crippen LogP contribution in [0.2, 0.25) is 0 Å². The fourth-order valence-electron chi connectivity index (χ4n) is 3.56. The minimum atomic E-state index is -0.299. The Morgan fingerprint density at radius 2 is 2.27 bits per heavy atom. The van der Waals surface area contributed by atoms with Crippen molar-refractivity contribution in [2.45, 2.75) is 50.5 Å². The van der Waals surface area contributed by atoms with Crippen LogP contribution in [0.5, 0.6) is 0 Å². The highest BCUT2D eigenvalue weighted by molar-refractivity contribution is 4.98. The third-order valence-electron chi connectivity index (χ3n) is 5.02. The molecule has 6 heteroatoms. The first-order valence-corrected chi connectivity index (χ1v) is 8.27. The molecule has 3 heterocycles. The van der Waals surface area contributed by atoms with Gasteiger partial charge in [0.25, 0.3) is 0 Å². The molecular formula is C16H27N3O3. The van der Waals surface area contributed by atoms with Crippen LogP contribution < -0.4 is 0 Å². The second kappa shape index (κ2) is 7.08. The Labute approximate surface area is 132 Å². The maximum absolute atomic E-state index is 10.3. The van der Waals surface area contributed by atoms with E-state index in [1.54, 1.807) is 7.11 Å². The normalized spacial score (nSPS) is 25.6. The van der Waals surface area contributed by atoms with Gasteiger partial charge in [-0.05, 0) is 25.7 Å². The van der Waals surface area contributed by atoms with Crippen LogP contribution in [0, 0.1) is 0 Å². The Balaban J connectivity index is 1.55. The van der Waals surface area contributed by atoms with Gasteiger partial charge in [0.1, 0.15) is 5.82 Å². The molecule has 1 aromatic rings. The fraction of sp³-hybridized carbons (Fsp3) is 0.812. The molecule has 1 spiro atoms. The van der Waals surface area contributed by atoms with Gasteiger partial charge >= 0.3 is 0 Å². The fourth-order valence-corrected chi connectivity index (χ4v) is 3.56. The lowest BCUT2D eigenvalue weighted by Gasteiger charge is -2.46. The monoisotopic (exact) mass is 309 g/mol. The second-order valence-corrected chi connectivity index (χ2v) is 6.38. The van der Waals surface area contributed by atoms with Crippen molar-refractivity contribution >= 4 is 0 Å². The summed E-state index contributed by atoms with van der Waals surface area (Å²) < 4.78 is 13.3. The highest BCUT2D eigenvalue weighted by Crippen LogP contribution is 2.35. The van der Waals surface area contributed by atoms with Gasteiger partial charge in [0, 0.05) is 45.7 Å². The zero-order valence-corrected chi connectivity index (χ0v) is 13.4. The highest BCUT2D eigenvalue weighted by atomic mass is 16.5. The van der Waals surface area contributed by atoms with Crippen LogP contribution in [0.25, 0.3) is 0 Å². The molecule has 0 radical (unpaired) electrons. The van der Waals surface area contributed by atoms with Gasteiger partial charge in [0.05, 0.1) is 24.9 Å². The molecule has 22 heavy (non-hydrogen) atoms. The molecule has 1 atom stereocenters. The van der Waals surface area contributed by atoms with Crippen LogP contribution in [-0.4, -0.2) is 64.7 Å². The van der Waals surface area contributed by atoms with Crippen LogP contribution in [0.15, 0.2) is 12.4 Å². The quantitative estimate of drug-likeness (QED) is 0.880. The van der Waals surface area contributed by atoms with E-state index in [1.807, 2.05) is 12.4 Å². The summed E-state index contributed by atoms with van der Waals surface area (Å²) >= 11 is 0. The summed E-state index contributed by atoms with van der Waals surface area (Å²) in [6, 6.07) is 0. The lowest BCUT2D eigenvalue weighted by Crippen LogP contribution is -2.55. The summed E-state index contributed by atoms with van der Waals surface area (Å²) in [6.45, 7) is 5.09. The number of aromatic nitrogens is 2.